The third-order valence-electron chi connectivity index (χ3n) is 12.2. The highest BCUT2D eigenvalue weighted by Crippen LogP contribution is 2.39. The number of alkyl halides is 1. The number of Topliss-reactive ketones (excluding diaryl/α,β-unsaturated/α-hetero) is 2. The van der Waals surface area contributed by atoms with E-state index in [2.05, 4.69) is 15.9 Å². The number of fused-ring (bicyclic) bond motifs is 4. The van der Waals surface area contributed by atoms with Crippen LogP contribution in [0.5, 0.6) is 23.0 Å². The maximum atomic E-state index is 13.8. The van der Waals surface area contributed by atoms with Crippen molar-refractivity contribution in [2.45, 2.75) is 40.5 Å². The molecule has 0 fully saturated rings. The maximum absolute atomic E-state index is 13.8. The lowest BCUT2D eigenvalue weighted by molar-refractivity contribution is 0.0321. The van der Waals surface area contributed by atoms with E-state index in [1.54, 1.807) is 63.3 Å². The molecule has 18 nitrogen and oxygen atoms in total. The van der Waals surface area contributed by atoms with E-state index in [0.29, 0.717) is 74.4 Å². The average molecular weight is 1070 g/mol. The molecule has 73 heavy (non-hydrogen) atoms. The highest BCUT2D eigenvalue weighted by atomic mass is 79.9. The highest BCUT2D eigenvalue weighted by molar-refractivity contribution is 9.09. The molecule has 0 unspecified atom stereocenters. The molecule has 2 aromatic heterocycles. The molecule has 2 aliphatic carbocycles. The Morgan fingerprint density at radius 1 is 0.562 bits per heavy atom. The van der Waals surface area contributed by atoms with Crippen molar-refractivity contribution in [3.8, 4) is 23.0 Å². The summed E-state index contributed by atoms with van der Waals surface area (Å²) in [6, 6.07) is 9.81. The van der Waals surface area contributed by atoms with Crippen LogP contribution in [0.15, 0.2) is 79.5 Å². The Balaban J connectivity index is 0.000000214. The predicted octanol–water partition coefficient (Wildman–Crippen LogP) is 8.65. The van der Waals surface area contributed by atoms with E-state index in [4.69, 9.17) is 51.5 Å². The second-order valence-electron chi connectivity index (χ2n) is 16.6. The number of hydrogen-bond acceptors (Lipinski definition) is 17. The number of ketones is 2. The summed E-state index contributed by atoms with van der Waals surface area (Å²) < 4.78 is 59.0. The molecule has 0 saturated heterocycles. The summed E-state index contributed by atoms with van der Waals surface area (Å²) in [7, 11) is 5.93. The summed E-state index contributed by atoms with van der Waals surface area (Å²) in [5.74, 6) is -1.31. The van der Waals surface area contributed by atoms with Gasteiger partial charge in [0, 0.05) is 56.0 Å². The van der Waals surface area contributed by atoms with Crippen LogP contribution in [0.1, 0.15) is 85.9 Å². The summed E-state index contributed by atoms with van der Waals surface area (Å²) in [5, 5.41) is 10.2. The first-order valence-corrected chi connectivity index (χ1v) is 23.6. The number of carboxylic acids is 1. The molecular weight excluding hydrogens is 1020 g/mol. The molecule has 0 bridgehead atoms. The largest absolute Gasteiger partial charge is 0.478 e. The molecule has 6 aromatic rings. The quantitative estimate of drug-likeness (QED) is 0.0482. The van der Waals surface area contributed by atoms with Crippen LogP contribution in [0, 0.1) is 27.7 Å². The minimum Gasteiger partial charge on any atom is -0.478 e. The summed E-state index contributed by atoms with van der Waals surface area (Å²) in [6.45, 7) is 6.95. The van der Waals surface area contributed by atoms with Gasteiger partial charge in [-0.25, -0.2) is 9.59 Å². The minimum atomic E-state index is -1.24. The lowest BCUT2D eigenvalue weighted by Crippen LogP contribution is -2.20. The smallest absolute Gasteiger partial charge is 0.339 e. The van der Waals surface area contributed by atoms with Gasteiger partial charge in [-0.3, -0.25) is 19.2 Å². The van der Waals surface area contributed by atoms with Crippen LogP contribution >= 0.6 is 15.9 Å². The van der Waals surface area contributed by atoms with Gasteiger partial charge in [0.05, 0.1) is 33.0 Å². The molecule has 2 heterocycles. The molecule has 4 aromatic carbocycles. The highest BCUT2D eigenvalue weighted by Gasteiger charge is 2.31. The first-order chi connectivity index (χ1) is 35.1. The number of carbonyl (C=O) groups is 4. The topological polar surface area (TPSA) is 232 Å². The molecule has 382 valence electrons. The van der Waals surface area contributed by atoms with Gasteiger partial charge in [-0.1, -0.05) is 28.1 Å². The van der Waals surface area contributed by atoms with Gasteiger partial charge in [0.25, 0.3) is 0 Å². The van der Waals surface area contributed by atoms with Crippen molar-refractivity contribution in [2.24, 2.45) is 0 Å². The predicted molar refractivity (Wildman–Crippen MR) is 270 cm³/mol. The zero-order valence-corrected chi connectivity index (χ0v) is 42.8. The van der Waals surface area contributed by atoms with E-state index in [0.717, 1.165) is 5.56 Å². The van der Waals surface area contributed by atoms with Crippen molar-refractivity contribution < 1.29 is 75.8 Å². The number of allylic oxidation sites excluding steroid dienone is 4. The fraction of sp³-hybridized carbons (Fsp3) is 0.296. The van der Waals surface area contributed by atoms with Gasteiger partial charge in [0.2, 0.25) is 10.9 Å². The monoisotopic (exact) mass is 1070 g/mol. The van der Waals surface area contributed by atoms with Gasteiger partial charge >= 0.3 is 11.9 Å². The zero-order valence-electron chi connectivity index (χ0n) is 41.2. The van der Waals surface area contributed by atoms with Gasteiger partial charge in [0.1, 0.15) is 30.3 Å². The molecule has 0 amide bonds. The van der Waals surface area contributed by atoms with Gasteiger partial charge in [-0.2, -0.15) is 0 Å². The minimum absolute atomic E-state index is 0.00188. The fourth-order valence-corrected chi connectivity index (χ4v) is 8.56. The standard InChI is InChI=1S/C28H27BrO9.C26H24O9/c1-15-9-23-25(24(16(15)2)28(32)35-8-7-29)27(31)20(12-36-23)18-6-5-17-10-21(37-13-33-3)22(38-14-34-4)11-19(17)26(18)30;1-13-7-21-23(22(14(13)2)26(29)30)25(28)18(10-33-21)16-6-5-15-8-19(34-11-31-3)20(35-12-32-4)9-17(15)24(16)27/h6,9-12H,5,7-8,13-14H2,1-4H3;6-10H,5,11-12H2,1-4H3,(H,29,30). The van der Waals surface area contributed by atoms with Crippen molar-refractivity contribution in [3.05, 3.63) is 148 Å². The molecule has 0 atom stereocenters. The number of aromatic carboxylic acids is 1. The van der Waals surface area contributed by atoms with Gasteiger partial charge < -0.3 is 56.6 Å². The van der Waals surface area contributed by atoms with E-state index < -0.39 is 28.6 Å². The third kappa shape index (κ3) is 10.9. The summed E-state index contributed by atoms with van der Waals surface area (Å²) in [6.07, 6.45) is 6.45. The fourth-order valence-electron chi connectivity index (χ4n) is 8.39. The van der Waals surface area contributed by atoms with Gasteiger partial charge in [-0.05, 0) is 110 Å². The van der Waals surface area contributed by atoms with Crippen LogP contribution < -0.4 is 29.8 Å². The molecule has 1 N–H and O–H groups in total. The second kappa shape index (κ2) is 23.4. The number of ether oxygens (including phenoxy) is 9. The van der Waals surface area contributed by atoms with Crippen LogP contribution in [0.2, 0.25) is 0 Å². The maximum Gasteiger partial charge on any atom is 0.339 e. The molecule has 8 rings (SSSR count). The van der Waals surface area contributed by atoms with Crippen LogP contribution in [0.4, 0.5) is 0 Å². The summed E-state index contributed by atoms with van der Waals surface area (Å²) >= 11 is 3.23. The Kier molecular flexibility index (Phi) is 17.1. The number of halogens is 1. The zero-order chi connectivity index (χ0) is 52.7. The second-order valence-corrected chi connectivity index (χ2v) is 17.4. The number of rotatable bonds is 18. The van der Waals surface area contributed by atoms with E-state index in [-0.39, 0.29) is 101 Å². The molecule has 0 saturated carbocycles. The lowest BCUT2D eigenvalue weighted by atomic mass is 9.86. The van der Waals surface area contributed by atoms with Crippen LogP contribution in [-0.2, 0) is 36.5 Å². The van der Waals surface area contributed by atoms with Crippen molar-refractivity contribution in [3.63, 3.8) is 0 Å². The van der Waals surface area contributed by atoms with Crippen molar-refractivity contribution in [1.29, 1.82) is 0 Å². The number of methoxy groups -OCH3 is 4. The first kappa shape index (κ1) is 53.4. The van der Waals surface area contributed by atoms with Gasteiger partial charge in [0.15, 0.2) is 61.7 Å². The van der Waals surface area contributed by atoms with Crippen molar-refractivity contribution >= 4 is 72.5 Å². The van der Waals surface area contributed by atoms with Crippen LogP contribution in [0.25, 0.3) is 33.1 Å². The van der Waals surface area contributed by atoms with Crippen molar-refractivity contribution in [1.82, 2.24) is 0 Å². The number of esters is 1. The molecule has 0 aliphatic heterocycles. The average Bonchev–Trinajstić information content (AvgIpc) is 3.37. The summed E-state index contributed by atoms with van der Waals surface area (Å²) in [5.41, 5.74) is 4.30. The number of benzene rings is 4. The molecule has 0 spiro atoms. The number of carbonyl (C=O) groups excluding carboxylic acids is 3. The molecule has 2 aliphatic rings. The Morgan fingerprint density at radius 3 is 1.33 bits per heavy atom. The Bertz CT molecular complexity index is 3360. The summed E-state index contributed by atoms with van der Waals surface area (Å²) in [4.78, 5) is 79.3. The molecular formula is C54H51BrO18. The third-order valence-corrected chi connectivity index (χ3v) is 12.5. The normalized spacial score (nSPS) is 12.8. The Hall–Kier alpha value is -7.42. The lowest BCUT2D eigenvalue weighted by Gasteiger charge is -2.20. The first-order valence-electron chi connectivity index (χ1n) is 22.5. The van der Waals surface area contributed by atoms with E-state index in [1.807, 2.05) is 6.92 Å². The number of aryl methyl sites for hydroxylation is 2. The molecule has 0 radical (unpaired) electrons. The van der Waals surface area contributed by atoms with Crippen LogP contribution in [0.3, 0.4) is 0 Å². The van der Waals surface area contributed by atoms with E-state index >= 15 is 0 Å². The number of carboxylic acid groups (broad SMARTS) is 1. The molecule has 19 heteroatoms. The van der Waals surface area contributed by atoms with E-state index in [9.17, 15) is 33.9 Å². The Morgan fingerprint density at radius 2 is 0.945 bits per heavy atom. The van der Waals surface area contributed by atoms with Crippen molar-refractivity contribution in [2.75, 3.05) is 67.5 Å². The van der Waals surface area contributed by atoms with Crippen LogP contribution in [-0.4, -0.2) is 96.2 Å². The van der Waals surface area contributed by atoms with Gasteiger partial charge in [-0.15, -0.1) is 0 Å². The number of hydrogen-bond donors (Lipinski definition) is 1. The van der Waals surface area contributed by atoms with E-state index in [1.165, 1.54) is 47.0 Å². The Labute approximate surface area is 426 Å². The SMILES string of the molecule is COCOc1cc2c(cc1OCOC)C(=O)C(c1coc3cc(C)c(C)c(C(=O)O)c3c1=O)=CC2.COCOc1cc2c(cc1OCOC)C(=O)C(c1coc3cc(C)c(C)c(C(=O)OCCBr)c3c1=O)=CC2.